The minimum Gasteiger partial charge on any atom is -0.300 e. The molecule has 60 valence electrons. The fourth-order valence-corrected chi connectivity index (χ4v) is 1.23. The van der Waals surface area contributed by atoms with Crippen LogP contribution in [0.4, 0.5) is 0 Å². The number of thioether (sulfide) groups is 1. The van der Waals surface area contributed by atoms with Crippen LogP contribution in [0.15, 0.2) is 16.1 Å². The Morgan fingerprint density at radius 3 is 3.09 bits per heavy atom. The molecular formula is C6H7ClN2OS. The standard InChI is InChI=1S/C6H7ClN2OS/c1-2-11-6-8-3-4(7)5(10)9-6/h3H,2H2,1H3,(H,8,9,10). The number of rotatable bonds is 2. The minimum atomic E-state index is -0.280. The lowest BCUT2D eigenvalue weighted by molar-refractivity contribution is 0.937. The first-order valence-corrected chi connectivity index (χ1v) is 4.48. The first kappa shape index (κ1) is 8.62. The second-order valence-corrected chi connectivity index (χ2v) is 3.46. The summed E-state index contributed by atoms with van der Waals surface area (Å²) in [5.74, 6) is 0.880. The van der Waals surface area contributed by atoms with E-state index in [-0.39, 0.29) is 10.6 Å². The van der Waals surface area contributed by atoms with E-state index >= 15 is 0 Å². The summed E-state index contributed by atoms with van der Waals surface area (Å²) in [5, 5.41) is 0.743. The van der Waals surface area contributed by atoms with Gasteiger partial charge in [-0.2, -0.15) is 0 Å². The minimum absolute atomic E-state index is 0.130. The molecule has 1 aromatic heterocycles. The molecule has 1 rings (SSSR count). The van der Waals surface area contributed by atoms with Crippen molar-refractivity contribution in [3.8, 4) is 0 Å². The van der Waals surface area contributed by atoms with Crippen molar-refractivity contribution in [3.05, 3.63) is 21.6 Å². The van der Waals surface area contributed by atoms with Crippen LogP contribution >= 0.6 is 23.4 Å². The van der Waals surface area contributed by atoms with E-state index in [1.165, 1.54) is 18.0 Å². The van der Waals surface area contributed by atoms with Crippen LogP contribution in [0.5, 0.6) is 0 Å². The zero-order chi connectivity index (χ0) is 8.27. The zero-order valence-corrected chi connectivity index (χ0v) is 7.50. The smallest absolute Gasteiger partial charge is 0.270 e. The molecule has 0 bridgehead atoms. The van der Waals surface area contributed by atoms with Gasteiger partial charge in [0.25, 0.3) is 5.56 Å². The van der Waals surface area contributed by atoms with E-state index in [9.17, 15) is 4.79 Å². The Morgan fingerprint density at radius 2 is 2.55 bits per heavy atom. The lowest BCUT2D eigenvalue weighted by Gasteiger charge is -1.95. The highest BCUT2D eigenvalue weighted by Crippen LogP contribution is 2.09. The molecule has 0 aromatic carbocycles. The third kappa shape index (κ3) is 2.24. The van der Waals surface area contributed by atoms with Crippen molar-refractivity contribution in [2.24, 2.45) is 0 Å². The average molecular weight is 191 g/mol. The zero-order valence-electron chi connectivity index (χ0n) is 5.93. The quantitative estimate of drug-likeness (QED) is 0.569. The van der Waals surface area contributed by atoms with Crippen LogP contribution in [-0.2, 0) is 0 Å². The molecule has 0 radical (unpaired) electrons. The Hall–Kier alpha value is -0.480. The molecule has 0 aliphatic heterocycles. The Morgan fingerprint density at radius 1 is 1.82 bits per heavy atom. The Labute approximate surface area is 73.2 Å². The number of aromatic nitrogens is 2. The average Bonchev–Trinajstić information content (AvgIpc) is 1.98. The van der Waals surface area contributed by atoms with E-state index in [1.54, 1.807) is 0 Å². The number of H-pyrrole nitrogens is 1. The van der Waals surface area contributed by atoms with Gasteiger partial charge in [0.2, 0.25) is 0 Å². The molecule has 0 atom stereocenters. The van der Waals surface area contributed by atoms with E-state index in [0.29, 0.717) is 5.16 Å². The summed E-state index contributed by atoms with van der Waals surface area (Å²) in [4.78, 5) is 17.3. The topological polar surface area (TPSA) is 45.8 Å². The largest absolute Gasteiger partial charge is 0.300 e. The van der Waals surface area contributed by atoms with Crippen molar-refractivity contribution in [2.75, 3.05) is 5.75 Å². The molecule has 1 N–H and O–H groups in total. The lowest BCUT2D eigenvalue weighted by Crippen LogP contribution is -2.07. The first-order valence-electron chi connectivity index (χ1n) is 3.11. The van der Waals surface area contributed by atoms with E-state index in [1.807, 2.05) is 6.92 Å². The summed E-state index contributed by atoms with van der Waals surface area (Å²) in [6, 6.07) is 0. The van der Waals surface area contributed by atoms with E-state index in [4.69, 9.17) is 11.6 Å². The maximum atomic E-state index is 10.9. The van der Waals surface area contributed by atoms with Gasteiger partial charge in [0.05, 0.1) is 6.20 Å². The van der Waals surface area contributed by atoms with Crippen molar-refractivity contribution >= 4 is 23.4 Å². The molecule has 0 aliphatic rings. The maximum absolute atomic E-state index is 10.9. The number of nitrogens with zero attached hydrogens (tertiary/aromatic N) is 1. The molecule has 0 amide bonds. The van der Waals surface area contributed by atoms with Gasteiger partial charge in [0.1, 0.15) is 5.02 Å². The molecule has 1 aromatic rings. The summed E-state index contributed by atoms with van der Waals surface area (Å²) < 4.78 is 0. The fourth-order valence-electron chi connectivity index (χ4n) is 0.573. The predicted octanol–water partition coefficient (Wildman–Crippen LogP) is 1.54. The van der Waals surface area contributed by atoms with Gasteiger partial charge < -0.3 is 4.98 Å². The Kier molecular flexibility index (Phi) is 2.96. The molecule has 0 spiro atoms. The predicted molar refractivity (Wildman–Crippen MR) is 46.3 cm³/mol. The Bertz CT molecular complexity index is 299. The van der Waals surface area contributed by atoms with Crippen molar-refractivity contribution in [1.29, 1.82) is 0 Å². The number of hydrogen-bond donors (Lipinski definition) is 1. The van der Waals surface area contributed by atoms with Gasteiger partial charge >= 0.3 is 0 Å². The molecule has 1 heterocycles. The number of halogens is 1. The molecular weight excluding hydrogens is 184 g/mol. The number of hydrogen-bond acceptors (Lipinski definition) is 3. The summed E-state index contributed by atoms with van der Waals surface area (Å²) >= 11 is 6.94. The molecule has 11 heavy (non-hydrogen) atoms. The van der Waals surface area contributed by atoms with Crippen molar-refractivity contribution in [3.63, 3.8) is 0 Å². The molecule has 0 aliphatic carbocycles. The van der Waals surface area contributed by atoms with Crippen LogP contribution in [0.3, 0.4) is 0 Å². The van der Waals surface area contributed by atoms with E-state index < -0.39 is 0 Å². The van der Waals surface area contributed by atoms with Gasteiger partial charge in [-0.25, -0.2) is 4.98 Å². The van der Waals surface area contributed by atoms with Gasteiger partial charge in [0, 0.05) is 0 Å². The van der Waals surface area contributed by atoms with Crippen LogP contribution in [0.2, 0.25) is 5.02 Å². The third-order valence-electron chi connectivity index (χ3n) is 1.01. The first-order chi connectivity index (χ1) is 5.24. The number of aromatic amines is 1. The summed E-state index contributed by atoms with van der Waals surface area (Å²) in [7, 11) is 0. The van der Waals surface area contributed by atoms with Gasteiger partial charge in [-0.1, -0.05) is 30.3 Å². The van der Waals surface area contributed by atoms with E-state index in [0.717, 1.165) is 5.75 Å². The SMILES string of the molecule is CCSc1ncc(Cl)c(=O)[nH]1. The highest BCUT2D eigenvalue weighted by molar-refractivity contribution is 7.99. The summed E-state index contributed by atoms with van der Waals surface area (Å²) in [6.45, 7) is 1.99. The van der Waals surface area contributed by atoms with Gasteiger partial charge in [0.15, 0.2) is 5.16 Å². The van der Waals surface area contributed by atoms with Crippen LogP contribution < -0.4 is 5.56 Å². The maximum Gasteiger partial charge on any atom is 0.270 e. The highest BCUT2D eigenvalue weighted by Gasteiger charge is 1.97. The van der Waals surface area contributed by atoms with Crippen molar-refractivity contribution in [1.82, 2.24) is 9.97 Å². The van der Waals surface area contributed by atoms with Crippen molar-refractivity contribution in [2.45, 2.75) is 12.1 Å². The van der Waals surface area contributed by atoms with Gasteiger partial charge in [-0.05, 0) is 5.75 Å². The molecule has 5 heteroatoms. The summed E-state index contributed by atoms with van der Waals surface area (Å²) in [5.41, 5.74) is -0.280. The molecule has 0 saturated carbocycles. The summed E-state index contributed by atoms with van der Waals surface area (Å²) in [6.07, 6.45) is 1.36. The second-order valence-electron chi connectivity index (χ2n) is 1.80. The lowest BCUT2D eigenvalue weighted by atomic mass is 10.7. The third-order valence-corrected chi connectivity index (χ3v) is 2.05. The monoisotopic (exact) mass is 190 g/mol. The highest BCUT2D eigenvalue weighted by atomic mass is 35.5. The van der Waals surface area contributed by atoms with Crippen LogP contribution in [0, 0.1) is 0 Å². The van der Waals surface area contributed by atoms with Gasteiger partial charge in [-0.3, -0.25) is 4.79 Å². The molecule has 3 nitrogen and oxygen atoms in total. The van der Waals surface area contributed by atoms with Crippen LogP contribution in [0.25, 0.3) is 0 Å². The Balaban J connectivity index is 2.96. The number of nitrogens with one attached hydrogen (secondary N) is 1. The molecule has 0 saturated heterocycles. The van der Waals surface area contributed by atoms with Gasteiger partial charge in [-0.15, -0.1) is 0 Å². The van der Waals surface area contributed by atoms with Crippen molar-refractivity contribution < 1.29 is 0 Å². The second kappa shape index (κ2) is 3.78. The fraction of sp³-hybridized carbons (Fsp3) is 0.333. The molecule has 0 unspecified atom stereocenters. The normalized spacial score (nSPS) is 10.0. The van der Waals surface area contributed by atoms with Crippen LogP contribution in [0.1, 0.15) is 6.92 Å². The molecule has 0 fully saturated rings. The van der Waals surface area contributed by atoms with Crippen LogP contribution in [-0.4, -0.2) is 15.7 Å². The van der Waals surface area contributed by atoms with E-state index in [2.05, 4.69) is 9.97 Å².